The Morgan fingerprint density at radius 3 is 2.52 bits per heavy atom. The smallest absolute Gasteiger partial charge is 0.254 e. The Morgan fingerprint density at radius 1 is 1.03 bits per heavy atom. The van der Waals surface area contributed by atoms with Crippen molar-refractivity contribution in [3.8, 4) is 5.75 Å². The summed E-state index contributed by atoms with van der Waals surface area (Å²) in [5, 5.41) is 0. The molecule has 2 saturated heterocycles. The molecule has 2 aromatic carbocycles. The summed E-state index contributed by atoms with van der Waals surface area (Å²) < 4.78 is 25.1. The van der Waals surface area contributed by atoms with E-state index in [1.807, 2.05) is 0 Å². The molecular weight excluding hydrogens is 399 g/mol. The van der Waals surface area contributed by atoms with Crippen LogP contribution in [0.2, 0.25) is 0 Å². The minimum absolute atomic E-state index is 0.00411. The molecule has 0 bridgehead atoms. The highest BCUT2D eigenvalue weighted by atomic mass is 19.1. The Morgan fingerprint density at radius 2 is 1.77 bits per heavy atom. The lowest BCUT2D eigenvalue weighted by atomic mass is 10.1. The highest BCUT2D eigenvalue weighted by molar-refractivity contribution is 5.94. The van der Waals surface area contributed by atoms with Crippen LogP contribution in [0.15, 0.2) is 48.5 Å². The molecule has 2 aliphatic rings. The fourth-order valence-electron chi connectivity index (χ4n) is 4.08. The summed E-state index contributed by atoms with van der Waals surface area (Å²) in [4.78, 5) is 28.8. The van der Waals surface area contributed by atoms with Gasteiger partial charge in [-0.3, -0.25) is 9.59 Å². The van der Waals surface area contributed by atoms with Crippen molar-refractivity contribution in [2.24, 2.45) is 0 Å². The summed E-state index contributed by atoms with van der Waals surface area (Å²) >= 11 is 0. The third-order valence-corrected chi connectivity index (χ3v) is 5.84. The molecule has 0 radical (unpaired) electrons. The van der Waals surface area contributed by atoms with Gasteiger partial charge in [-0.05, 0) is 48.7 Å². The third-order valence-electron chi connectivity index (χ3n) is 5.84. The monoisotopic (exact) mass is 426 g/mol. The first-order chi connectivity index (χ1) is 15.1. The molecule has 0 unspecified atom stereocenters. The van der Waals surface area contributed by atoms with E-state index in [-0.39, 0.29) is 30.1 Å². The predicted octanol–water partition coefficient (Wildman–Crippen LogP) is 2.91. The van der Waals surface area contributed by atoms with Gasteiger partial charge in [0.25, 0.3) is 5.91 Å². The molecule has 4 rings (SSSR count). The first kappa shape index (κ1) is 21.3. The van der Waals surface area contributed by atoms with Crippen molar-refractivity contribution in [3.63, 3.8) is 0 Å². The average Bonchev–Trinajstić information content (AvgIpc) is 3.28. The maximum atomic E-state index is 13.9. The predicted molar refractivity (Wildman–Crippen MR) is 113 cm³/mol. The van der Waals surface area contributed by atoms with E-state index in [1.54, 1.807) is 52.3 Å². The van der Waals surface area contributed by atoms with Crippen molar-refractivity contribution in [3.05, 3.63) is 65.5 Å². The quantitative estimate of drug-likeness (QED) is 0.713. The molecule has 0 spiro atoms. The molecule has 1 atom stereocenters. The second-order valence-electron chi connectivity index (χ2n) is 7.89. The van der Waals surface area contributed by atoms with Crippen LogP contribution in [0.1, 0.15) is 28.8 Å². The van der Waals surface area contributed by atoms with E-state index in [0.717, 1.165) is 12.8 Å². The summed E-state index contributed by atoms with van der Waals surface area (Å²) in [6, 6.07) is 13.5. The number of amides is 2. The molecule has 2 heterocycles. The Hall–Kier alpha value is -2.93. The molecule has 0 aromatic heterocycles. The normalized spacial score (nSPS) is 18.8. The van der Waals surface area contributed by atoms with E-state index in [2.05, 4.69) is 0 Å². The molecule has 2 amide bonds. The van der Waals surface area contributed by atoms with Gasteiger partial charge >= 0.3 is 0 Å². The lowest BCUT2D eigenvalue weighted by Crippen LogP contribution is -2.40. The van der Waals surface area contributed by atoms with Gasteiger partial charge in [0.05, 0.1) is 25.7 Å². The van der Waals surface area contributed by atoms with E-state index in [9.17, 15) is 14.0 Å². The number of hydrogen-bond donors (Lipinski definition) is 0. The topological polar surface area (TPSA) is 59.1 Å². The zero-order valence-corrected chi connectivity index (χ0v) is 17.5. The molecule has 2 aromatic rings. The molecule has 164 valence electrons. The SMILES string of the molecule is O=C(c1ccc(OC[C@H]2CCCN2C(=O)Cc2ccccc2F)cc1)N1CCOCC1. The molecule has 0 saturated carbocycles. The number of rotatable bonds is 6. The highest BCUT2D eigenvalue weighted by Gasteiger charge is 2.29. The van der Waals surface area contributed by atoms with Crippen LogP contribution < -0.4 is 4.74 Å². The number of hydrogen-bond acceptors (Lipinski definition) is 4. The van der Waals surface area contributed by atoms with E-state index in [0.29, 0.717) is 56.3 Å². The van der Waals surface area contributed by atoms with Crippen LogP contribution in [0.3, 0.4) is 0 Å². The number of carbonyl (C=O) groups is 2. The lowest BCUT2D eigenvalue weighted by molar-refractivity contribution is -0.131. The maximum Gasteiger partial charge on any atom is 0.254 e. The molecule has 6 nitrogen and oxygen atoms in total. The van der Waals surface area contributed by atoms with E-state index in [4.69, 9.17) is 9.47 Å². The van der Waals surface area contributed by atoms with Gasteiger partial charge in [0, 0.05) is 25.2 Å². The van der Waals surface area contributed by atoms with E-state index in [1.165, 1.54) is 6.07 Å². The van der Waals surface area contributed by atoms with Crippen molar-refractivity contribution in [1.29, 1.82) is 0 Å². The van der Waals surface area contributed by atoms with Gasteiger partial charge in [-0.25, -0.2) is 4.39 Å². The fraction of sp³-hybridized carbons (Fsp3) is 0.417. The van der Waals surface area contributed by atoms with Crippen molar-refractivity contribution in [2.45, 2.75) is 25.3 Å². The summed E-state index contributed by atoms with van der Waals surface area (Å²) in [6.45, 7) is 3.39. The molecular formula is C24H27FN2O4. The van der Waals surface area contributed by atoms with Gasteiger partial charge in [-0.1, -0.05) is 18.2 Å². The van der Waals surface area contributed by atoms with Crippen LogP contribution in [0.25, 0.3) is 0 Å². The fourth-order valence-corrected chi connectivity index (χ4v) is 4.08. The zero-order valence-electron chi connectivity index (χ0n) is 17.5. The molecule has 31 heavy (non-hydrogen) atoms. The van der Waals surface area contributed by atoms with Crippen LogP contribution in [0.5, 0.6) is 5.75 Å². The Bertz CT molecular complexity index is 912. The van der Waals surface area contributed by atoms with Crippen LogP contribution in [0.4, 0.5) is 4.39 Å². The van der Waals surface area contributed by atoms with Gasteiger partial charge < -0.3 is 19.3 Å². The van der Waals surface area contributed by atoms with Crippen molar-refractivity contribution in [1.82, 2.24) is 9.80 Å². The standard InChI is InChI=1S/C24H27FN2O4/c25-22-6-2-1-4-19(22)16-23(28)27-11-3-5-20(27)17-31-21-9-7-18(8-10-21)24(29)26-12-14-30-15-13-26/h1-2,4,6-10,20H,3,5,11-17H2/t20-/m1/s1. The van der Waals surface area contributed by atoms with Crippen LogP contribution in [-0.2, 0) is 16.0 Å². The number of halogens is 1. The van der Waals surface area contributed by atoms with Crippen LogP contribution >= 0.6 is 0 Å². The van der Waals surface area contributed by atoms with Crippen molar-refractivity contribution < 1.29 is 23.5 Å². The maximum absolute atomic E-state index is 13.9. The number of carbonyl (C=O) groups excluding carboxylic acids is 2. The Balaban J connectivity index is 1.31. The number of benzene rings is 2. The van der Waals surface area contributed by atoms with E-state index >= 15 is 0 Å². The average molecular weight is 426 g/mol. The van der Waals surface area contributed by atoms with E-state index < -0.39 is 0 Å². The number of morpholine rings is 1. The lowest BCUT2D eigenvalue weighted by Gasteiger charge is -2.27. The van der Waals surface area contributed by atoms with Crippen LogP contribution in [0, 0.1) is 5.82 Å². The number of likely N-dealkylation sites (tertiary alicyclic amines) is 1. The van der Waals surface area contributed by atoms with Gasteiger partial charge in [0.1, 0.15) is 18.2 Å². The molecule has 0 N–H and O–H groups in total. The Labute approximate surface area is 181 Å². The minimum Gasteiger partial charge on any atom is -0.491 e. The van der Waals surface area contributed by atoms with Crippen LogP contribution in [-0.4, -0.2) is 67.1 Å². The second kappa shape index (κ2) is 9.92. The molecule has 0 aliphatic carbocycles. The van der Waals surface area contributed by atoms with Gasteiger partial charge in [-0.2, -0.15) is 0 Å². The Kier molecular flexibility index (Phi) is 6.82. The number of ether oxygens (including phenoxy) is 2. The number of nitrogens with zero attached hydrogens (tertiary/aromatic N) is 2. The summed E-state index contributed by atoms with van der Waals surface area (Å²) in [5.74, 6) is 0.222. The summed E-state index contributed by atoms with van der Waals surface area (Å²) in [5.41, 5.74) is 1.04. The van der Waals surface area contributed by atoms with Gasteiger partial charge in [-0.15, -0.1) is 0 Å². The second-order valence-corrected chi connectivity index (χ2v) is 7.89. The summed E-state index contributed by atoms with van der Waals surface area (Å²) in [6.07, 6.45) is 1.82. The third kappa shape index (κ3) is 5.22. The molecule has 2 aliphatic heterocycles. The first-order valence-corrected chi connectivity index (χ1v) is 10.7. The first-order valence-electron chi connectivity index (χ1n) is 10.7. The zero-order chi connectivity index (χ0) is 21.6. The van der Waals surface area contributed by atoms with Crippen molar-refractivity contribution >= 4 is 11.8 Å². The van der Waals surface area contributed by atoms with Gasteiger partial charge in [0.15, 0.2) is 0 Å². The molecule has 2 fully saturated rings. The van der Waals surface area contributed by atoms with Crippen molar-refractivity contribution in [2.75, 3.05) is 39.5 Å². The molecule has 7 heteroatoms. The van der Waals surface area contributed by atoms with Gasteiger partial charge in [0.2, 0.25) is 5.91 Å². The minimum atomic E-state index is -0.352. The largest absolute Gasteiger partial charge is 0.491 e. The summed E-state index contributed by atoms with van der Waals surface area (Å²) in [7, 11) is 0. The highest BCUT2D eigenvalue weighted by Crippen LogP contribution is 2.22.